The maximum Gasteiger partial charge on any atom is 0.491 e. The number of rotatable bonds is 12. The Bertz CT molecular complexity index is 1270. The van der Waals surface area contributed by atoms with Crippen LogP contribution < -0.4 is 11.1 Å². The molecular weight excluding hydrogens is 551 g/mol. The van der Waals surface area contributed by atoms with Crippen LogP contribution >= 0.6 is 0 Å². The Morgan fingerprint density at radius 1 is 1.05 bits per heavy atom. The molecule has 2 aromatic carbocycles. The Morgan fingerprint density at radius 3 is 2.38 bits per heavy atom. The third kappa shape index (κ3) is 9.68. The van der Waals surface area contributed by atoms with E-state index in [0.717, 1.165) is 35.6 Å². The van der Waals surface area contributed by atoms with Gasteiger partial charge in [0.25, 0.3) is 5.91 Å². The quantitative estimate of drug-likeness (QED) is 0.264. The fourth-order valence-corrected chi connectivity index (χ4v) is 5.25. The predicted molar refractivity (Wildman–Crippen MR) is 151 cm³/mol. The lowest BCUT2D eigenvalue weighted by Gasteiger charge is -2.25. The third-order valence-corrected chi connectivity index (χ3v) is 7.55. The highest BCUT2D eigenvalue weighted by molar-refractivity contribution is 6.03. The van der Waals surface area contributed by atoms with Crippen LogP contribution in [0.15, 0.2) is 42.5 Å². The van der Waals surface area contributed by atoms with Crippen LogP contribution in [-0.4, -0.2) is 54.5 Å². The fourth-order valence-electron chi connectivity index (χ4n) is 5.25. The number of nitrogens with zero attached hydrogens (tertiary/aromatic N) is 1. The molecule has 3 N–H and O–H groups in total. The number of hydrogen-bond acceptors (Lipinski definition) is 6. The first-order chi connectivity index (χ1) is 19.8. The lowest BCUT2D eigenvalue weighted by Crippen LogP contribution is -2.44. The van der Waals surface area contributed by atoms with Gasteiger partial charge in [0.2, 0.25) is 5.91 Å². The van der Waals surface area contributed by atoms with Crippen LogP contribution in [0.5, 0.6) is 0 Å². The average molecular weight is 590 g/mol. The van der Waals surface area contributed by atoms with Crippen LogP contribution in [0.25, 0.3) is 11.1 Å². The van der Waals surface area contributed by atoms with Crippen molar-refractivity contribution >= 4 is 23.8 Å². The van der Waals surface area contributed by atoms with E-state index in [1.807, 2.05) is 44.3 Å². The van der Waals surface area contributed by atoms with Crippen LogP contribution in [0.4, 0.5) is 13.2 Å². The topological polar surface area (TPSA) is 119 Å². The number of aryl methyl sites for hydroxylation is 1. The van der Waals surface area contributed by atoms with Crippen molar-refractivity contribution in [2.75, 3.05) is 13.6 Å². The van der Waals surface area contributed by atoms with E-state index in [2.05, 4.69) is 15.0 Å². The maximum absolute atomic E-state index is 13.5. The number of carbonyl (C=O) groups is 4. The summed E-state index contributed by atoms with van der Waals surface area (Å²) >= 11 is 0. The van der Waals surface area contributed by atoms with E-state index in [0.29, 0.717) is 12.1 Å². The minimum Gasteiger partial charge on any atom is -0.385 e. The highest BCUT2D eigenvalue weighted by Crippen LogP contribution is 2.30. The van der Waals surface area contributed by atoms with E-state index in [1.54, 1.807) is 12.1 Å². The highest BCUT2D eigenvalue weighted by atomic mass is 19.4. The van der Waals surface area contributed by atoms with Crippen LogP contribution in [0.1, 0.15) is 72.9 Å². The van der Waals surface area contributed by atoms with Gasteiger partial charge in [-0.1, -0.05) is 62.4 Å². The molecule has 0 aromatic heterocycles. The predicted octanol–water partition coefficient (Wildman–Crippen LogP) is 5.06. The van der Waals surface area contributed by atoms with Gasteiger partial charge in [-0.25, -0.2) is 9.59 Å². The highest BCUT2D eigenvalue weighted by Gasteiger charge is 2.43. The Morgan fingerprint density at radius 2 is 1.74 bits per heavy atom. The smallest absolute Gasteiger partial charge is 0.385 e. The van der Waals surface area contributed by atoms with E-state index in [4.69, 9.17) is 5.73 Å². The number of halogens is 3. The maximum atomic E-state index is 13.5. The molecule has 1 fully saturated rings. The van der Waals surface area contributed by atoms with Crippen LogP contribution in [0.2, 0.25) is 0 Å². The lowest BCUT2D eigenvalue weighted by atomic mass is 9.87. The Labute approximate surface area is 243 Å². The SMILES string of the molecule is Cc1ccccc1-c1cc(CN(C)CCC2CCCCC2)ccc1C(=O)N[C@@H](CCC(N)=O)C(=O)OC(=O)C(F)(F)F. The molecule has 0 radical (unpaired) electrons. The van der Waals surface area contributed by atoms with Gasteiger partial charge in [-0.2, -0.15) is 13.2 Å². The summed E-state index contributed by atoms with van der Waals surface area (Å²) in [5, 5.41) is 2.34. The van der Waals surface area contributed by atoms with Crippen molar-refractivity contribution in [2.45, 2.75) is 77.1 Å². The second-order valence-corrected chi connectivity index (χ2v) is 11.0. The first kappa shape index (κ1) is 32.8. The fraction of sp³-hybridized carbons (Fsp3) is 0.484. The van der Waals surface area contributed by atoms with Crippen molar-refractivity contribution < 1.29 is 37.1 Å². The number of nitrogens with two attached hydrogens (primary N) is 1. The number of benzene rings is 2. The Hall–Kier alpha value is -3.73. The van der Waals surface area contributed by atoms with Crippen molar-refractivity contribution in [3.05, 3.63) is 59.2 Å². The molecule has 0 aliphatic heterocycles. The second kappa shape index (κ2) is 14.9. The molecule has 11 heteroatoms. The molecule has 2 aromatic rings. The molecule has 0 bridgehead atoms. The first-order valence-electron chi connectivity index (χ1n) is 14.1. The number of primary amides is 1. The van der Waals surface area contributed by atoms with Gasteiger partial charge in [-0.15, -0.1) is 0 Å². The summed E-state index contributed by atoms with van der Waals surface area (Å²) in [7, 11) is 2.05. The van der Waals surface area contributed by atoms with Crippen molar-refractivity contribution in [3.63, 3.8) is 0 Å². The van der Waals surface area contributed by atoms with Crippen LogP contribution in [0.3, 0.4) is 0 Å². The molecule has 3 rings (SSSR count). The third-order valence-electron chi connectivity index (χ3n) is 7.55. The first-order valence-corrected chi connectivity index (χ1v) is 14.1. The molecule has 2 amide bonds. The van der Waals surface area contributed by atoms with Gasteiger partial charge in [0, 0.05) is 18.5 Å². The molecule has 8 nitrogen and oxygen atoms in total. The molecule has 1 aliphatic rings. The minimum absolute atomic E-state index is 0.164. The van der Waals surface area contributed by atoms with Gasteiger partial charge >= 0.3 is 18.1 Å². The number of hydrogen-bond donors (Lipinski definition) is 2. The number of ether oxygens (including phenoxy) is 1. The van der Waals surface area contributed by atoms with Crippen molar-refractivity contribution in [1.29, 1.82) is 0 Å². The molecule has 228 valence electrons. The number of carbonyl (C=O) groups excluding carboxylic acids is 4. The molecular formula is C31H38F3N3O5. The largest absolute Gasteiger partial charge is 0.491 e. The van der Waals surface area contributed by atoms with Gasteiger partial charge in [0.15, 0.2) is 0 Å². The van der Waals surface area contributed by atoms with Crippen molar-refractivity contribution in [1.82, 2.24) is 10.2 Å². The van der Waals surface area contributed by atoms with Gasteiger partial charge in [-0.05, 0) is 73.7 Å². The summed E-state index contributed by atoms with van der Waals surface area (Å²) in [6.45, 7) is 3.46. The number of alkyl halides is 3. The molecule has 0 unspecified atom stereocenters. The van der Waals surface area contributed by atoms with E-state index in [1.165, 1.54) is 32.1 Å². The summed E-state index contributed by atoms with van der Waals surface area (Å²) in [5.41, 5.74) is 8.47. The van der Waals surface area contributed by atoms with Crippen molar-refractivity contribution in [2.24, 2.45) is 11.7 Å². The number of esters is 2. The van der Waals surface area contributed by atoms with Crippen molar-refractivity contribution in [3.8, 4) is 11.1 Å². The summed E-state index contributed by atoms with van der Waals surface area (Å²) in [6, 6.07) is 11.0. The van der Waals surface area contributed by atoms with Gasteiger partial charge < -0.3 is 20.7 Å². The monoisotopic (exact) mass is 589 g/mol. The molecule has 42 heavy (non-hydrogen) atoms. The van der Waals surface area contributed by atoms with Gasteiger partial charge in [0.1, 0.15) is 6.04 Å². The zero-order valence-corrected chi connectivity index (χ0v) is 24.0. The van der Waals surface area contributed by atoms with E-state index in [9.17, 15) is 32.3 Å². The van der Waals surface area contributed by atoms with E-state index < -0.39 is 48.8 Å². The molecule has 0 heterocycles. The zero-order valence-electron chi connectivity index (χ0n) is 24.0. The van der Waals surface area contributed by atoms with Crippen LogP contribution in [0, 0.1) is 12.8 Å². The van der Waals surface area contributed by atoms with Gasteiger partial charge in [-0.3, -0.25) is 9.59 Å². The average Bonchev–Trinajstić information content (AvgIpc) is 2.94. The number of nitrogens with one attached hydrogen (secondary N) is 1. The molecule has 0 spiro atoms. The summed E-state index contributed by atoms with van der Waals surface area (Å²) in [5.74, 6) is -5.24. The zero-order chi connectivity index (χ0) is 30.9. The number of amides is 2. The Balaban J connectivity index is 1.84. The molecule has 1 aliphatic carbocycles. The second-order valence-electron chi connectivity index (χ2n) is 11.0. The Kier molecular flexibility index (Phi) is 11.7. The molecule has 1 atom stereocenters. The summed E-state index contributed by atoms with van der Waals surface area (Å²) in [6.07, 6.45) is 1.26. The van der Waals surface area contributed by atoms with E-state index in [-0.39, 0.29) is 5.56 Å². The summed E-state index contributed by atoms with van der Waals surface area (Å²) in [4.78, 5) is 50.7. The lowest BCUT2D eigenvalue weighted by molar-refractivity contribution is -0.202. The minimum atomic E-state index is -5.41. The standard InChI is InChI=1S/C31H38F3N3O5/c1-20-8-6-7-11-23(20)25-18-22(19-37(2)17-16-21-9-4-3-5-10-21)12-13-24(25)28(39)36-26(14-15-27(35)38)29(40)42-30(41)31(32,33)34/h6-8,11-13,18,21,26H,3-5,9-10,14-17,19H2,1-2H3,(H2,35,38)(H,36,39)/t26-/m0/s1. The summed E-state index contributed by atoms with van der Waals surface area (Å²) < 4.78 is 42.0. The molecule has 0 saturated heterocycles. The normalized spacial score (nSPS) is 14.8. The van der Waals surface area contributed by atoms with Crippen LogP contribution in [-0.2, 0) is 25.7 Å². The van der Waals surface area contributed by atoms with Gasteiger partial charge in [0.05, 0.1) is 0 Å². The van der Waals surface area contributed by atoms with E-state index >= 15 is 0 Å². The molecule has 1 saturated carbocycles.